The molecule has 0 saturated heterocycles. The topological polar surface area (TPSA) is 0 Å². The van der Waals surface area contributed by atoms with Gasteiger partial charge in [-0.1, -0.05) is 21.3 Å². The largest absolute Gasteiger partial charge is 2.00 e. The molecule has 0 amide bonds. The van der Waals surface area contributed by atoms with Gasteiger partial charge in [-0.3, -0.25) is 0 Å². The van der Waals surface area contributed by atoms with Gasteiger partial charge < -0.3 is 27.2 Å². The van der Waals surface area contributed by atoms with Crippen molar-refractivity contribution in [2.24, 2.45) is 0 Å². The fourth-order valence-corrected chi connectivity index (χ4v) is 0.408. The molecule has 2 aliphatic carbocycles. The van der Waals surface area contributed by atoms with Crippen molar-refractivity contribution in [2.45, 2.75) is 66.7 Å². The van der Waals surface area contributed by atoms with Crippen LogP contribution >= 0.6 is 61.2 Å². The first-order valence-corrected chi connectivity index (χ1v) is 18.2. The van der Waals surface area contributed by atoms with Gasteiger partial charge in [0.25, 0.3) is 0 Å². The van der Waals surface area contributed by atoms with Gasteiger partial charge in [0.15, 0.2) is 0 Å². The van der Waals surface area contributed by atoms with E-state index in [1.807, 2.05) is 13.8 Å². The Kier molecular flexibility index (Phi) is 196. The SMILES string of the molecule is C.CC.I.I[I-]I.[CH-]1CCC1.[CH-]1CCC1.[CH2-]C.[CH3-].[U].[V+2].[V]. The van der Waals surface area contributed by atoms with Crippen molar-refractivity contribution in [3.63, 3.8) is 0 Å². The Bertz CT molecular complexity index is 62.0. The maximum atomic E-state index is 3.25. The van der Waals surface area contributed by atoms with E-state index in [2.05, 4.69) is 57.0 Å². The third-order valence-electron chi connectivity index (χ3n) is 1.63. The maximum absolute atomic E-state index is 3.25. The normalized spacial score (nSPS) is 10.8. The van der Waals surface area contributed by atoms with Gasteiger partial charge >= 0.3 is 69.0 Å². The van der Waals surface area contributed by atoms with Crippen LogP contribution in [0.3, 0.4) is 0 Å². The Morgan fingerprint density at radius 1 is 0.905 bits per heavy atom. The Balaban J connectivity index is -0.0000000118. The first kappa shape index (κ1) is 56.2. The van der Waals surface area contributed by atoms with Crippen molar-refractivity contribution >= 4 is 61.2 Å². The van der Waals surface area contributed by atoms with Crippen LogP contribution in [0, 0.1) is 58.3 Å². The monoisotopic (exact) mass is 1050 g/mol. The molecule has 0 spiro atoms. The Hall–Kier alpha value is 5.14. The molecule has 0 aromatic heterocycles. The number of rotatable bonds is 0. The Morgan fingerprint density at radius 2 is 0.952 bits per heavy atom. The molecule has 2 saturated carbocycles. The third-order valence-corrected chi connectivity index (χ3v) is 1.63. The fraction of sp³-hybridized carbons (Fsp3) is 0.714. The minimum absolute atomic E-state index is 0. The summed E-state index contributed by atoms with van der Waals surface area (Å²) in [6, 6.07) is 0. The summed E-state index contributed by atoms with van der Waals surface area (Å²) in [5.41, 5.74) is 0. The summed E-state index contributed by atoms with van der Waals surface area (Å²) in [6.07, 6.45) is 13.0. The Morgan fingerprint density at radius 3 is 0.952 bits per heavy atom. The number of halogens is 4. The van der Waals surface area contributed by atoms with Gasteiger partial charge in [-0.2, -0.15) is 32.6 Å². The van der Waals surface area contributed by atoms with Crippen LogP contribution in [0.2, 0.25) is 0 Å². The molecule has 2 radical (unpaired) electrons. The molecule has 0 bridgehead atoms. The quantitative estimate of drug-likeness (QED) is 0.235. The maximum Gasteiger partial charge on any atom is 2.00 e. The van der Waals surface area contributed by atoms with Gasteiger partial charge in [-0.25, -0.2) is 0 Å². The molecule has 0 aromatic rings. The third kappa shape index (κ3) is 78.0. The van der Waals surface area contributed by atoms with E-state index < -0.39 is 0 Å². The van der Waals surface area contributed by atoms with Crippen molar-refractivity contribution < 1.29 is 81.5 Å². The van der Waals surface area contributed by atoms with Gasteiger partial charge in [0.05, 0.1) is 0 Å². The molecular weight excluding hydrogens is 1020 g/mol. The van der Waals surface area contributed by atoms with Crippen LogP contribution in [0.15, 0.2) is 0 Å². The number of hydrogen-bond acceptors (Lipinski definition) is 0. The van der Waals surface area contributed by atoms with Crippen LogP contribution in [-0.2, 0) is 37.1 Å². The van der Waals surface area contributed by atoms with Gasteiger partial charge in [0.1, 0.15) is 0 Å². The summed E-state index contributed by atoms with van der Waals surface area (Å²) in [6.45, 7) is 9.00. The van der Waals surface area contributed by atoms with E-state index in [0.717, 1.165) is 0 Å². The van der Waals surface area contributed by atoms with Gasteiger partial charge in [-0.15, -0.1) is 36.8 Å². The van der Waals surface area contributed by atoms with E-state index >= 15 is 0 Å². The van der Waals surface area contributed by atoms with E-state index in [-0.39, 0.29) is 107 Å². The predicted molar refractivity (Wildman–Crippen MR) is 115 cm³/mol. The van der Waals surface area contributed by atoms with Crippen molar-refractivity contribution in [2.75, 3.05) is 0 Å². The van der Waals surface area contributed by atoms with Crippen LogP contribution in [-0.4, -0.2) is 0 Å². The van der Waals surface area contributed by atoms with Crippen molar-refractivity contribution in [3.8, 4) is 0 Å². The van der Waals surface area contributed by atoms with Crippen molar-refractivity contribution in [1.82, 2.24) is 0 Å². The summed E-state index contributed by atoms with van der Waals surface area (Å²) in [5.74, 6) is 0. The molecule has 0 nitrogen and oxygen atoms in total. The first-order valence-electron chi connectivity index (χ1n) is 5.63. The molecular formula is C14H33I4UV2-3. The Labute approximate surface area is 232 Å². The fourth-order valence-electron chi connectivity index (χ4n) is 0.408. The molecule has 2 fully saturated rings. The standard InChI is InChI=1S/2C4H7.C2H6.C2H5.CH4.CH3.I3.HI.U.2V/c2*1-2-4-3-1;2*1-2;;;1-3-2;;;;/h2*1H,2-4H2;1-2H3;1H2,2H3;1H4;1H3;;1H;;;/q2*-1;;-1;;2*-1;;;;+2. The molecule has 0 atom stereocenters. The zero-order valence-electron chi connectivity index (χ0n) is 13.0. The smallest absolute Gasteiger partial charge is 0.358 e. The molecule has 0 aromatic carbocycles. The zero-order valence-corrected chi connectivity index (χ0v) is 28.8. The van der Waals surface area contributed by atoms with Gasteiger partial charge in [-0.05, 0) is 0 Å². The van der Waals surface area contributed by atoms with Gasteiger partial charge in [0.2, 0.25) is 0 Å². The molecule has 0 aliphatic heterocycles. The van der Waals surface area contributed by atoms with Crippen molar-refractivity contribution in [1.29, 1.82) is 0 Å². The van der Waals surface area contributed by atoms with Crippen LogP contribution in [0.25, 0.3) is 0 Å². The number of hydrogen-bond donors (Lipinski definition) is 0. The first-order chi connectivity index (χ1) is 7.41. The average Bonchev–Trinajstić information content (AvgIpc) is 2.06. The summed E-state index contributed by atoms with van der Waals surface area (Å²) >= 11 is 5.30. The summed E-state index contributed by atoms with van der Waals surface area (Å²) < 4.78 is 0. The molecule has 7 heteroatoms. The minimum Gasteiger partial charge on any atom is -0.358 e. The minimum atomic E-state index is 0. The second-order valence-electron chi connectivity index (χ2n) is 2.49. The summed E-state index contributed by atoms with van der Waals surface area (Å²) in [7, 11) is 0. The van der Waals surface area contributed by atoms with Crippen LogP contribution in [0.1, 0.15) is 66.7 Å². The van der Waals surface area contributed by atoms with E-state index in [1.54, 1.807) is 6.92 Å². The predicted octanol–water partition coefficient (Wildman–Crippen LogP) is 5.09. The molecule has 134 valence electrons. The zero-order chi connectivity index (χ0) is 12.4. The van der Waals surface area contributed by atoms with E-state index in [0.29, 0.717) is 13.3 Å². The second kappa shape index (κ2) is 73.3. The van der Waals surface area contributed by atoms with E-state index in [9.17, 15) is 0 Å². The molecule has 0 heterocycles. The molecule has 0 unspecified atom stereocenters. The van der Waals surface area contributed by atoms with Crippen molar-refractivity contribution in [3.05, 3.63) is 27.2 Å². The molecule has 21 heavy (non-hydrogen) atoms. The van der Waals surface area contributed by atoms with Crippen LogP contribution in [0.5, 0.6) is 0 Å². The van der Waals surface area contributed by atoms with Crippen LogP contribution < -0.4 is 13.3 Å². The molecule has 0 N–H and O–H groups in total. The second-order valence-corrected chi connectivity index (χ2v) is 18.7. The average molecular weight is 1050 g/mol. The van der Waals surface area contributed by atoms with E-state index in [1.165, 1.54) is 38.5 Å². The van der Waals surface area contributed by atoms with E-state index in [4.69, 9.17) is 0 Å². The van der Waals surface area contributed by atoms with Gasteiger partial charge in [0, 0.05) is 49.7 Å². The summed E-state index contributed by atoms with van der Waals surface area (Å²) in [5, 5.41) is 0. The summed E-state index contributed by atoms with van der Waals surface area (Å²) in [4.78, 5) is 0. The molecule has 2 aliphatic rings. The molecule has 2 rings (SSSR count). The van der Waals surface area contributed by atoms with Crippen LogP contribution in [0.4, 0.5) is 0 Å².